The fourth-order valence-corrected chi connectivity index (χ4v) is 4.79. The van der Waals surface area contributed by atoms with Crippen molar-refractivity contribution in [1.82, 2.24) is 0 Å². The quantitative estimate of drug-likeness (QED) is 0.660. The van der Waals surface area contributed by atoms with E-state index in [2.05, 4.69) is 14.2 Å². The molecule has 10 heteroatoms. The maximum atomic E-state index is 13.0. The number of hydrogen-bond acceptors (Lipinski definition) is 7. The molecule has 1 amide bonds. The first-order valence-corrected chi connectivity index (χ1v) is 11.5. The summed E-state index contributed by atoms with van der Waals surface area (Å²) in [5.41, 5.74) is 1.52. The van der Waals surface area contributed by atoms with Crippen LogP contribution < -0.4 is 9.62 Å². The average Bonchev–Trinajstić information content (AvgIpc) is 3.55. The fraction of sp³-hybridized carbons (Fsp3) is 0.318. The Kier molecular flexibility index (Phi) is 5.64. The van der Waals surface area contributed by atoms with E-state index in [9.17, 15) is 22.8 Å². The zero-order valence-corrected chi connectivity index (χ0v) is 18.4. The average molecular weight is 458 g/mol. The standard InChI is InChI=1S/C22H22N2O7S/c1-30-21(26)15-9-16(22(27)31-2)11-17(10-15)23-32(28,29)18-5-6-19-14(12-18)7-8-24(19)20(25)13-3-4-13/h5-6,9-13,23H,3-4,7-8H2,1-2H3. The Hall–Kier alpha value is -3.40. The smallest absolute Gasteiger partial charge is 0.337 e. The zero-order chi connectivity index (χ0) is 23.0. The minimum absolute atomic E-state index is 0.00344. The molecule has 32 heavy (non-hydrogen) atoms. The molecule has 2 aromatic carbocycles. The van der Waals surface area contributed by atoms with E-state index in [-0.39, 0.29) is 33.5 Å². The van der Waals surface area contributed by atoms with Crippen molar-refractivity contribution in [3.63, 3.8) is 0 Å². The van der Waals surface area contributed by atoms with Crippen LogP contribution in [0.1, 0.15) is 39.1 Å². The van der Waals surface area contributed by atoms with Gasteiger partial charge in [0.05, 0.1) is 35.9 Å². The van der Waals surface area contributed by atoms with Gasteiger partial charge in [0.15, 0.2) is 0 Å². The van der Waals surface area contributed by atoms with Crippen LogP contribution >= 0.6 is 0 Å². The molecule has 1 saturated carbocycles. The first-order valence-electron chi connectivity index (χ1n) is 10.0. The van der Waals surface area contributed by atoms with E-state index in [1.54, 1.807) is 17.0 Å². The lowest BCUT2D eigenvalue weighted by atomic mass is 10.1. The van der Waals surface area contributed by atoms with Crippen molar-refractivity contribution < 1.29 is 32.3 Å². The van der Waals surface area contributed by atoms with Crippen LogP contribution in [-0.4, -0.2) is 47.0 Å². The minimum atomic E-state index is -4.03. The number of ether oxygens (including phenoxy) is 2. The maximum absolute atomic E-state index is 13.0. The Morgan fingerprint density at radius 1 is 0.969 bits per heavy atom. The Bertz CT molecular complexity index is 1180. The Morgan fingerprint density at radius 3 is 2.16 bits per heavy atom. The molecule has 2 aliphatic rings. The molecule has 0 spiro atoms. The summed E-state index contributed by atoms with van der Waals surface area (Å²) in [5.74, 6) is -1.28. The van der Waals surface area contributed by atoms with E-state index in [0.717, 1.165) is 24.1 Å². The number of rotatable bonds is 6. The highest BCUT2D eigenvalue weighted by Crippen LogP contribution is 2.37. The second-order valence-electron chi connectivity index (χ2n) is 7.69. The Balaban J connectivity index is 1.63. The van der Waals surface area contributed by atoms with Gasteiger partial charge in [-0.1, -0.05) is 0 Å². The summed E-state index contributed by atoms with van der Waals surface area (Å²) < 4.78 is 37.8. The highest BCUT2D eigenvalue weighted by molar-refractivity contribution is 7.92. The molecule has 4 rings (SSSR count). The van der Waals surface area contributed by atoms with Gasteiger partial charge < -0.3 is 14.4 Å². The summed E-state index contributed by atoms with van der Waals surface area (Å²) in [6.45, 7) is 0.533. The van der Waals surface area contributed by atoms with Gasteiger partial charge in [-0.2, -0.15) is 0 Å². The third-order valence-corrected chi connectivity index (χ3v) is 6.86. The lowest BCUT2D eigenvalue weighted by molar-refractivity contribution is -0.119. The molecule has 1 N–H and O–H groups in total. The fourth-order valence-electron chi connectivity index (χ4n) is 3.70. The number of anilines is 2. The van der Waals surface area contributed by atoms with Crippen LogP contribution in [-0.2, 0) is 30.7 Å². The number of methoxy groups -OCH3 is 2. The van der Waals surface area contributed by atoms with Crippen molar-refractivity contribution >= 4 is 39.2 Å². The van der Waals surface area contributed by atoms with E-state index in [0.29, 0.717) is 13.0 Å². The van der Waals surface area contributed by atoms with Gasteiger partial charge >= 0.3 is 11.9 Å². The van der Waals surface area contributed by atoms with E-state index in [4.69, 9.17) is 0 Å². The van der Waals surface area contributed by atoms with Crippen molar-refractivity contribution in [3.05, 3.63) is 53.1 Å². The molecule has 0 radical (unpaired) electrons. The molecule has 0 bridgehead atoms. The highest BCUT2D eigenvalue weighted by atomic mass is 32.2. The first-order chi connectivity index (χ1) is 15.2. The zero-order valence-electron chi connectivity index (χ0n) is 17.6. The van der Waals surface area contributed by atoms with Crippen LogP contribution in [0.2, 0.25) is 0 Å². The van der Waals surface area contributed by atoms with Crippen molar-refractivity contribution in [2.24, 2.45) is 5.92 Å². The van der Waals surface area contributed by atoms with Gasteiger partial charge in [-0.3, -0.25) is 9.52 Å². The largest absolute Gasteiger partial charge is 0.465 e. The molecule has 168 valence electrons. The van der Waals surface area contributed by atoms with Crippen LogP contribution in [0.5, 0.6) is 0 Å². The molecule has 1 aliphatic heterocycles. The van der Waals surface area contributed by atoms with Crippen LogP contribution in [0.3, 0.4) is 0 Å². The SMILES string of the molecule is COC(=O)c1cc(NS(=O)(=O)c2ccc3c(c2)CCN3C(=O)C2CC2)cc(C(=O)OC)c1. The molecule has 0 unspecified atom stereocenters. The molecule has 0 aromatic heterocycles. The summed E-state index contributed by atoms with van der Waals surface area (Å²) in [6, 6.07) is 8.44. The number of carbonyl (C=O) groups is 3. The minimum Gasteiger partial charge on any atom is -0.465 e. The number of benzene rings is 2. The second kappa shape index (κ2) is 8.27. The highest BCUT2D eigenvalue weighted by Gasteiger charge is 2.36. The van der Waals surface area contributed by atoms with Gasteiger partial charge in [0.1, 0.15) is 0 Å². The molecule has 0 atom stereocenters. The Morgan fingerprint density at radius 2 is 1.59 bits per heavy atom. The van der Waals surface area contributed by atoms with E-state index < -0.39 is 22.0 Å². The molecule has 1 aliphatic carbocycles. The van der Waals surface area contributed by atoms with Gasteiger partial charge in [-0.05, 0) is 61.2 Å². The molecule has 0 saturated heterocycles. The molecule has 2 aromatic rings. The third-order valence-electron chi connectivity index (χ3n) is 5.48. The Labute approximate surface area is 185 Å². The van der Waals surface area contributed by atoms with Gasteiger partial charge in [-0.15, -0.1) is 0 Å². The predicted molar refractivity (Wildman–Crippen MR) is 115 cm³/mol. The molecule has 9 nitrogen and oxygen atoms in total. The number of nitrogens with one attached hydrogen (secondary N) is 1. The molecular formula is C22H22N2O7S. The number of esters is 2. The maximum Gasteiger partial charge on any atom is 0.337 e. The summed E-state index contributed by atoms with van der Waals surface area (Å²) in [6.07, 6.45) is 2.37. The van der Waals surface area contributed by atoms with Crippen molar-refractivity contribution in [3.8, 4) is 0 Å². The van der Waals surface area contributed by atoms with Crippen LogP contribution in [0.25, 0.3) is 0 Å². The lowest BCUT2D eigenvalue weighted by Gasteiger charge is -2.17. The number of nitrogens with zero attached hydrogens (tertiary/aromatic N) is 1. The van der Waals surface area contributed by atoms with E-state index >= 15 is 0 Å². The third kappa shape index (κ3) is 4.18. The molecule has 1 heterocycles. The topological polar surface area (TPSA) is 119 Å². The first kappa shape index (κ1) is 21.8. The molecule has 1 fully saturated rings. The lowest BCUT2D eigenvalue weighted by Crippen LogP contribution is -2.30. The predicted octanol–water partition coefficient (Wildman–Crippen LogP) is 2.36. The molecular weight excluding hydrogens is 436 g/mol. The van der Waals surface area contributed by atoms with E-state index in [1.807, 2.05) is 0 Å². The van der Waals surface area contributed by atoms with Gasteiger partial charge in [-0.25, -0.2) is 18.0 Å². The van der Waals surface area contributed by atoms with Gasteiger partial charge in [0, 0.05) is 18.2 Å². The number of amides is 1. The van der Waals surface area contributed by atoms with Crippen molar-refractivity contribution in [2.75, 3.05) is 30.4 Å². The number of carbonyl (C=O) groups excluding carboxylic acids is 3. The van der Waals surface area contributed by atoms with Crippen molar-refractivity contribution in [2.45, 2.75) is 24.2 Å². The monoisotopic (exact) mass is 458 g/mol. The van der Waals surface area contributed by atoms with Gasteiger partial charge in [0.2, 0.25) is 5.91 Å². The van der Waals surface area contributed by atoms with Crippen molar-refractivity contribution in [1.29, 1.82) is 0 Å². The normalized spacial score (nSPS) is 15.1. The van der Waals surface area contributed by atoms with E-state index in [1.165, 1.54) is 38.5 Å². The number of hydrogen-bond donors (Lipinski definition) is 1. The van der Waals surface area contributed by atoms with Gasteiger partial charge in [0.25, 0.3) is 10.0 Å². The van der Waals surface area contributed by atoms with Crippen LogP contribution in [0.4, 0.5) is 11.4 Å². The van der Waals surface area contributed by atoms with Crippen LogP contribution in [0.15, 0.2) is 41.3 Å². The number of sulfonamides is 1. The summed E-state index contributed by atoms with van der Waals surface area (Å²) in [4.78, 5) is 38.1. The van der Waals surface area contributed by atoms with Crippen LogP contribution in [0, 0.1) is 5.92 Å². The second-order valence-corrected chi connectivity index (χ2v) is 9.37. The summed E-state index contributed by atoms with van der Waals surface area (Å²) in [5, 5.41) is 0. The summed E-state index contributed by atoms with van der Waals surface area (Å²) in [7, 11) is -1.67. The number of fused-ring (bicyclic) bond motifs is 1. The summed E-state index contributed by atoms with van der Waals surface area (Å²) >= 11 is 0.